The van der Waals surface area contributed by atoms with Crippen molar-refractivity contribution in [3.63, 3.8) is 0 Å². The molecule has 0 unspecified atom stereocenters. The van der Waals surface area contributed by atoms with Gasteiger partial charge in [0.1, 0.15) is 11.4 Å². The Kier molecular flexibility index (Phi) is 5.45. The number of Topliss-reactive ketones (excluding diaryl/α,β-unsaturated/α-hetero) is 1. The number of fused-ring (bicyclic) bond motifs is 1. The van der Waals surface area contributed by atoms with E-state index in [1.54, 1.807) is 18.2 Å². The number of alkyl halides is 2. The second-order valence-electron chi connectivity index (χ2n) is 10.8. The molecule has 1 aromatic carbocycles. The Hall–Kier alpha value is -1.81. The van der Waals surface area contributed by atoms with Gasteiger partial charge in [-0.3, -0.25) is 4.79 Å². The SMILES string of the molecule is CC(F)(F)OC1CC(c2csc(OC34CC(CC(=O)[C@H]5C[C@@H](O)c6cc(Cl)ccc6O5)(C3)C4)n2)C1. The second-order valence-corrected chi connectivity index (χ2v) is 12.0. The van der Waals surface area contributed by atoms with Crippen molar-refractivity contribution in [3.05, 3.63) is 39.9 Å². The molecule has 2 bridgehead atoms. The highest BCUT2D eigenvalue weighted by Gasteiger charge is 2.70. The van der Waals surface area contributed by atoms with E-state index in [1.807, 2.05) is 5.38 Å². The largest absolute Gasteiger partial charge is 0.482 e. The van der Waals surface area contributed by atoms with E-state index in [1.165, 1.54) is 11.3 Å². The van der Waals surface area contributed by atoms with Gasteiger partial charge in [0.05, 0.1) is 17.9 Å². The van der Waals surface area contributed by atoms with Crippen molar-refractivity contribution in [2.75, 3.05) is 0 Å². The van der Waals surface area contributed by atoms with Gasteiger partial charge in [-0.1, -0.05) is 22.9 Å². The van der Waals surface area contributed by atoms with Crippen molar-refractivity contribution >= 4 is 28.7 Å². The van der Waals surface area contributed by atoms with Crippen LogP contribution >= 0.6 is 22.9 Å². The zero-order valence-corrected chi connectivity index (χ0v) is 20.7. The fourth-order valence-corrected chi connectivity index (χ4v) is 7.20. The average Bonchev–Trinajstić information content (AvgIpc) is 3.15. The molecule has 10 heteroatoms. The van der Waals surface area contributed by atoms with Gasteiger partial charge in [-0.15, -0.1) is 0 Å². The predicted molar refractivity (Wildman–Crippen MR) is 124 cm³/mol. The second kappa shape index (κ2) is 8.10. The molecule has 35 heavy (non-hydrogen) atoms. The van der Waals surface area contributed by atoms with Gasteiger partial charge in [0.25, 0.3) is 5.19 Å². The highest BCUT2D eigenvalue weighted by atomic mass is 35.5. The van der Waals surface area contributed by atoms with Crippen LogP contribution in [0.25, 0.3) is 0 Å². The number of hydrogen-bond donors (Lipinski definition) is 1. The molecule has 1 N–H and O–H groups in total. The quantitative estimate of drug-likeness (QED) is 0.468. The Morgan fingerprint density at radius 2 is 2.06 bits per heavy atom. The Labute approximate surface area is 210 Å². The minimum Gasteiger partial charge on any atom is -0.482 e. The number of benzene rings is 1. The lowest BCUT2D eigenvalue weighted by molar-refractivity contribution is -0.264. The van der Waals surface area contributed by atoms with Crippen molar-refractivity contribution in [2.45, 2.75) is 87.8 Å². The Bertz CT molecular complexity index is 1140. The van der Waals surface area contributed by atoms with Crippen LogP contribution in [0.15, 0.2) is 23.6 Å². The molecule has 2 atom stereocenters. The highest BCUT2D eigenvalue weighted by molar-refractivity contribution is 7.11. The molecule has 4 aliphatic carbocycles. The van der Waals surface area contributed by atoms with Crippen LogP contribution in [0.2, 0.25) is 5.02 Å². The van der Waals surface area contributed by atoms with Crippen LogP contribution in [-0.4, -0.2) is 39.8 Å². The van der Waals surface area contributed by atoms with E-state index < -0.39 is 24.4 Å². The van der Waals surface area contributed by atoms with E-state index in [0.717, 1.165) is 31.9 Å². The van der Waals surface area contributed by atoms with Gasteiger partial charge >= 0.3 is 6.11 Å². The van der Waals surface area contributed by atoms with Gasteiger partial charge in [-0.05, 0) is 55.7 Å². The van der Waals surface area contributed by atoms with Crippen LogP contribution in [0.3, 0.4) is 0 Å². The maximum atomic E-state index is 13.0. The molecule has 2 aromatic rings. The Morgan fingerprint density at radius 3 is 2.77 bits per heavy atom. The summed E-state index contributed by atoms with van der Waals surface area (Å²) in [5, 5.41) is 13.5. The van der Waals surface area contributed by atoms with E-state index >= 15 is 0 Å². The molecule has 5 aliphatic rings. The summed E-state index contributed by atoms with van der Waals surface area (Å²) in [7, 11) is 0. The number of aromatic nitrogens is 1. The summed E-state index contributed by atoms with van der Waals surface area (Å²) >= 11 is 7.43. The van der Waals surface area contributed by atoms with Crippen LogP contribution in [0.5, 0.6) is 10.9 Å². The number of rotatable bonds is 8. The van der Waals surface area contributed by atoms with Gasteiger partial charge < -0.3 is 19.3 Å². The lowest BCUT2D eigenvalue weighted by Crippen LogP contribution is -2.70. The summed E-state index contributed by atoms with van der Waals surface area (Å²) in [6, 6.07) is 5.06. The third kappa shape index (κ3) is 4.45. The van der Waals surface area contributed by atoms with Crippen molar-refractivity contribution in [3.8, 4) is 10.9 Å². The van der Waals surface area contributed by atoms with Crippen molar-refractivity contribution < 1.29 is 32.9 Å². The van der Waals surface area contributed by atoms with Crippen LogP contribution in [0, 0.1) is 5.41 Å². The fraction of sp³-hybridized carbons (Fsp3) is 0.600. The molecule has 0 amide bonds. The molecule has 0 saturated heterocycles. The number of ketones is 1. The van der Waals surface area contributed by atoms with Gasteiger partial charge in [0, 0.05) is 41.6 Å². The summed E-state index contributed by atoms with van der Waals surface area (Å²) in [6.45, 7) is 0.764. The number of ether oxygens (including phenoxy) is 3. The first-order chi connectivity index (χ1) is 16.5. The molecule has 1 aromatic heterocycles. The molecule has 2 heterocycles. The zero-order valence-electron chi connectivity index (χ0n) is 19.1. The van der Waals surface area contributed by atoms with Crippen molar-refractivity contribution in [1.82, 2.24) is 4.98 Å². The lowest BCUT2D eigenvalue weighted by Gasteiger charge is -2.69. The number of aliphatic hydroxyl groups is 1. The minimum atomic E-state index is -3.10. The standard InChI is InChI=1S/C25H26ClF2NO5S/c1-23(27,28)33-15-4-13(5-15)17-9-35-22(29-17)34-25-10-24(11-25,12-25)8-19(31)21-7-18(30)16-6-14(26)2-3-20(16)32-21/h2-3,6,9,13,15,18,21,30H,4-5,7-8,10-12H2,1H3/t13?,15?,18-,21-,24?,25?/m1/s1. The van der Waals surface area contributed by atoms with Crippen LogP contribution < -0.4 is 9.47 Å². The molecular weight excluding hydrogens is 500 g/mol. The van der Waals surface area contributed by atoms with Gasteiger partial charge in [0.2, 0.25) is 0 Å². The number of aliphatic hydroxyl groups excluding tert-OH is 1. The topological polar surface area (TPSA) is 77.9 Å². The summed E-state index contributed by atoms with van der Waals surface area (Å²) in [4.78, 5) is 17.6. The summed E-state index contributed by atoms with van der Waals surface area (Å²) < 4.78 is 42.7. The first kappa shape index (κ1) is 23.6. The summed E-state index contributed by atoms with van der Waals surface area (Å²) in [5.74, 6) is 0.644. The normalized spacial score (nSPS) is 35.1. The lowest BCUT2D eigenvalue weighted by atomic mass is 9.39. The first-order valence-electron chi connectivity index (χ1n) is 11.9. The fourth-order valence-electron chi connectivity index (χ4n) is 6.17. The van der Waals surface area contributed by atoms with E-state index in [0.29, 0.717) is 40.8 Å². The van der Waals surface area contributed by atoms with E-state index in [9.17, 15) is 18.7 Å². The molecule has 4 fully saturated rings. The van der Waals surface area contributed by atoms with Crippen LogP contribution in [0.1, 0.15) is 75.1 Å². The maximum absolute atomic E-state index is 13.0. The molecule has 0 radical (unpaired) electrons. The van der Waals surface area contributed by atoms with Crippen molar-refractivity contribution in [2.24, 2.45) is 5.41 Å². The van der Waals surface area contributed by atoms with Crippen molar-refractivity contribution in [1.29, 1.82) is 0 Å². The third-order valence-corrected chi connectivity index (χ3v) is 8.70. The van der Waals surface area contributed by atoms with Gasteiger partial charge in [-0.2, -0.15) is 8.78 Å². The number of halogens is 3. The molecule has 4 saturated carbocycles. The van der Waals surface area contributed by atoms with Crippen LogP contribution in [-0.2, 0) is 9.53 Å². The monoisotopic (exact) mass is 525 g/mol. The maximum Gasteiger partial charge on any atom is 0.353 e. The molecule has 0 spiro atoms. The number of hydrogen-bond acceptors (Lipinski definition) is 7. The van der Waals surface area contributed by atoms with E-state index in [-0.39, 0.29) is 29.1 Å². The average molecular weight is 526 g/mol. The first-order valence-corrected chi connectivity index (χ1v) is 13.1. The molecule has 1 aliphatic heterocycles. The van der Waals surface area contributed by atoms with Gasteiger partial charge in [0.15, 0.2) is 11.9 Å². The van der Waals surface area contributed by atoms with E-state index in [2.05, 4.69) is 4.98 Å². The van der Waals surface area contributed by atoms with Crippen LogP contribution in [0.4, 0.5) is 8.78 Å². The third-order valence-electron chi connectivity index (χ3n) is 7.73. The Balaban J connectivity index is 0.989. The van der Waals surface area contributed by atoms with Gasteiger partial charge in [-0.25, -0.2) is 4.98 Å². The predicted octanol–water partition coefficient (Wildman–Crippen LogP) is 5.82. The molecule has 6 nitrogen and oxygen atoms in total. The Morgan fingerprint density at radius 1 is 1.31 bits per heavy atom. The number of carbonyl (C=O) groups is 1. The highest BCUT2D eigenvalue weighted by Crippen LogP contribution is 2.70. The molecule has 188 valence electrons. The molecule has 7 rings (SSSR count). The molecular formula is C25H26ClF2NO5S. The minimum absolute atomic E-state index is 0.00824. The smallest absolute Gasteiger partial charge is 0.353 e. The summed E-state index contributed by atoms with van der Waals surface area (Å²) in [5.41, 5.74) is 1.17. The summed E-state index contributed by atoms with van der Waals surface area (Å²) in [6.07, 6.45) is -0.846. The van der Waals surface area contributed by atoms with E-state index in [4.69, 9.17) is 25.8 Å². The number of thiazole rings is 1. The zero-order chi connectivity index (χ0) is 24.6. The number of carbonyl (C=O) groups excluding carboxylic acids is 1. The number of nitrogens with zero attached hydrogens (tertiary/aromatic N) is 1.